The van der Waals surface area contributed by atoms with Crippen LogP contribution >= 0.6 is 0 Å². The van der Waals surface area contributed by atoms with Crippen molar-refractivity contribution in [3.63, 3.8) is 0 Å². The highest BCUT2D eigenvalue weighted by Gasteiger charge is 2.63. The number of carbonyl (C=O) groups is 4. The first-order chi connectivity index (χ1) is 26.9. The number of unbranched alkanes of at least 4 members (excludes halogenated alkanes) is 5. The Morgan fingerprint density at radius 2 is 1.62 bits per heavy atom. The number of hydrogen-bond donors (Lipinski definition) is 2. The molecular formula is C43H52N6O7. The van der Waals surface area contributed by atoms with Gasteiger partial charge in [0.15, 0.2) is 0 Å². The molecule has 56 heavy (non-hydrogen) atoms. The number of hydrogen-bond acceptors (Lipinski definition) is 8. The maximum absolute atomic E-state index is 13.3. The minimum absolute atomic E-state index is 0.0412. The summed E-state index contributed by atoms with van der Waals surface area (Å²) in [7, 11) is 8.74. The van der Waals surface area contributed by atoms with Gasteiger partial charge in [0.25, 0.3) is 17.4 Å². The van der Waals surface area contributed by atoms with Crippen LogP contribution in [0.2, 0.25) is 0 Å². The number of likely N-dealkylation sites (N-methyl/N-ethyl adjacent to an activating group) is 1. The number of aromatic nitrogens is 2. The molecule has 0 spiro atoms. The van der Waals surface area contributed by atoms with Crippen LogP contribution in [0.15, 0.2) is 53.6 Å². The van der Waals surface area contributed by atoms with Crippen molar-refractivity contribution in [3.8, 4) is 22.6 Å². The molecule has 0 atom stereocenters. The van der Waals surface area contributed by atoms with Gasteiger partial charge in [0.1, 0.15) is 22.6 Å². The van der Waals surface area contributed by atoms with E-state index >= 15 is 0 Å². The number of ether oxygens (including phenoxy) is 2. The Bertz CT molecular complexity index is 2230. The van der Waals surface area contributed by atoms with E-state index in [1.54, 1.807) is 30.7 Å². The van der Waals surface area contributed by atoms with Crippen LogP contribution in [0.5, 0.6) is 11.5 Å². The third-order valence-corrected chi connectivity index (χ3v) is 11.9. The van der Waals surface area contributed by atoms with E-state index in [1.165, 1.54) is 0 Å². The van der Waals surface area contributed by atoms with Gasteiger partial charge in [-0.2, -0.15) is 0 Å². The number of nitrogens with zero attached hydrogens (tertiary/aromatic N) is 4. The SMILES string of the molecule is COc1cc(-c2cn(C)c(=O)c3c2ccn3C)cc(OC)c1CN(C)CC(=O)NCCCCCCCCc1cccc2c1CN(C13CC(C1)C(=O)NC3=O)C2=O. The van der Waals surface area contributed by atoms with Crippen molar-refractivity contribution in [3.05, 3.63) is 81.4 Å². The number of nitrogens with one attached hydrogen (secondary N) is 2. The minimum atomic E-state index is -0.887. The van der Waals surface area contributed by atoms with E-state index in [2.05, 4.69) is 16.7 Å². The topological polar surface area (TPSA) is 144 Å². The summed E-state index contributed by atoms with van der Waals surface area (Å²) in [6.45, 7) is 1.71. The van der Waals surface area contributed by atoms with Gasteiger partial charge in [-0.25, -0.2) is 0 Å². The highest BCUT2D eigenvalue weighted by atomic mass is 16.5. The monoisotopic (exact) mass is 764 g/mol. The van der Waals surface area contributed by atoms with Gasteiger partial charge in [-0.3, -0.25) is 34.2 Å². The van der Waals surface area contributed by atoms with Gasteiger partial charge >= 0.3 is 0 Å². The fourth-order valence-electron chi connectivity index (χ4n) is 8.81. The van der Waals surface area contributed by atoms with E-state index in [1.807, 2.05) is 66.3 Å². The molecule has 3 aliphatic heterocycles. The van der Waals surface area contributed by atoms with Gasteiger partial charge in [-0.1, -0.05) is 37.8 Å². The Hall–Kier alpha value is -5.43. The fourth-order valence-corrected chi connectivity index (χ4v) is 8.81. The maximum Gasteiger partial charge on any atom is 0.274 e. The quantitative estimate of drug-likeness (QED) is 0.119. The average molecular weight is 765 g/mol. The zero-order valence-corrected chi connectivity index (χ0v) is 33.0. The zero-order chi connectivity index (χ0) is 39.7. The molecule has 8 rings (SSSR count). The molecule has 4 aromatic rings. The maximum atomic E-state index is 13.3. The lowest BCUT2D eigenvalue weighted by Crippen LogP contribution is -2.73. The third kappa shape index (κ3) is 7.20. The lowest BCUT2D eigenvalue weighted by Gasteiger charge is -2.53. The molecule has 1 aliphatic carbocycles. The first-order valence-corrected chi connectivity index (χ1v) is 19.6. The number of aryl methyl sites for hydroxylation is 3. The van der Waals surface area contributed by atoms with Crippen molar-refractivity contribution < 1.29 is 28.7 Å². The van der Waals surface area contributed by atoms with Crippen molar-refractivity contribution in [2.75, 3.05) is 34.4 Å². The van der Waals surface area contributed by atoms with Crippen molar-refractivity contribution in [2.24, 2.45) is 20.0 Å². The van der Waals surface area contributed by atoms with Crippen LogP contribution in [0.4, 0.5) is 0 Å². The van der Waals surface area contributed by atoms with E-state index in [0.717, 1.165) is 78.1 Å². The first-order valence-electron chi connectivity index (χ1n) is 19.6. The van der Waals surface area contributed by atoms with Crippen molar-refractivity contribution in [1.29, 1.82) is 0 Å². The molecule has 4 amide bonds. The smallest absolute Gasteiger partial charge is 0.274 e. The van der Waals surface area contributed by atoms with E-state index < -0.39 is 5.54 Å². The molecule has 1 saturated carbocycles. The molecule has 0 unspecified atom stereocenters. The molecule has 2 saturated heterocycles. The summed E-state index contributed by atoms with van der Waals surface area (Å²) in [6.07, 6.45) is 11.6. The van der Waals surface area contributed by atoms with Crippen LogP contribution in [0.25, 0.3) is 22.0 Å². The van der Waals surface area contributed by atoms with Crippen LogP contribution in [0.3, 0.4) is 0 Å². The van der Waals surface area contributed by atoms with Crippen LogP contribution in [0.1, 0.15) is 78.4 Å². The number of methoxy groups -OCH3 is 2. The van der Waals surface area contributed by atoms with Gasteiger partial charge in [0.2, 0.25) is 11.8 Å². The summed E-state index contributed by atoms with van der Waals surface area (Å²) in [5, 5.41) is 6.37. The molecule has 13 heteroatoms. The molecule has 4 aliphatic rings. The highest BCUT2D eigenvalue weighted by molar-refractivity contribution is 6.11. The average Bonchev–Trinajstić information content (AvgIpc) is 3.71. The van der Waals surface area contributed by atoms with Gasteiger partial charge in [-0.15, -0.1) is 0 Å². The van der Waals surface area contributed by atoms with Crippen LogP contribution in [-0.4, -0.2) is 82.5 Å². The van der Waals surface area contributed by atoms with Gasteiger partial charge in [-0.05, 0) is 80.1 Å². The van der Waals surface area contributed by atoms with Crippen LogP contribution in [-0.2, 0) is 48.0 Å². The lowest BCUT2D eigenvalue weighted by molar-refractivity contribution is -0.160. The predicted octanol–water partition coefficient (Wildman–Crippen LogP) is 4.45. The number of carbonyl (C=O) groups excluding carboxylic acids is 4. The fraction of sp³-hybridized carbons (Fsp3) is 0.465. The van der Waals surface area contributed by atoms with E-state index in [9.17, 15) is 24.0 Å². The third-order valence-electron chi connectivity index (χ3n) is 11.9. The van der Waals surface area contributed by atoms with Crippen molar-refractivity contribution >= 4 is 34.5 Å². The number of imide groups is 1. The second kappa shape index (κ2) is 16.0. The Kier molecular flexibility index (Phi) is 11.1. The largest absolute Gasteiger partial charge is 0.496 e. The standard InChI is InChI=1S/C43H52N6O7/c1-46(23-34-35(55-4)19-28(20-36(34)56-5)32-24-48(3)41(53)38-30(32)16-18-47(38)2)26-37(50)44-17-11-9-7-6-8-10-13-27-14-12-15-31-33(27)25-49(40(31)52)43-21-29(22-43)39(51)45-42(43)54/h12,14-16,18-20,24,29H,6-11,13,17,21-23,25-26H2,1-5H3,(H,44,50)(H,45,51,54). The molecule has 5 heterocycles. The van der Waals surface area contributed by atoms with Crippen molar-refractivity contribution in [2.45, 2.75) is 76.4 Å². The predicted molar refractivity (Wildman–Crippen MR) is 212 cm³/mol. The molecular weight excluding hydrogens is 713 g/mol. The van der Waals surface area contributed by atoms with Gasteiger partial charge in [0, 0.05) is 68.6 Å². The molecule has 2 N–H and O–H groups in total. The number of benzene rings is 2. The Balaban J connectivity index is 0.827. The summed E-state index contributed by atoms with van der Waals surface area (Å²) in [5.74, 6) is 0.391. The Morgan fingerprint density at radius 1 is 0.929 bits per heavy atom. The minimum Gasteiger partial charge on any atom is -0.496 e. The number of pyridine rings is 1. The molecule has 296 valence electrons. The van der Waals surface area contributed by atoms with Gasteiger partial charge < -0.3 is 28.8 Å². The highest BCUT2D eigenvalue weighted by Crippen LogP contribution is 2.49. The molecule has 2 bridgehead atoms. The van der Waals surface area contributed by atoms with Crippen LogP contribution < -0.4 is 25.7 Å². The summed E-state index contributed by atoms with van der Waals surface area (Å²) in [5.41, 5.74) is 5.12. The second-order valence-corrected chi connectivity index (χ2v) is 15.7. The Labute approximate surface area is 326 Å². The van der Waals surface area contributed by atoms with E-state index in [4.69, 9.17) is 9.47 Å². The second-order valence-electron chi connectivity index (χ2n) is 15.7. The Morgan fingerprint density at radius 3 is 2.32 bits per heavy atom. The van der Waals surface area contributed by atoms with E-state index in [-0.39, 0.29) is 41.7 Å². The molecule has 0 radical (unpaired) electrons. The van der Waals surface area contributed by atoms with Crippen LogP contribution in [0, 0.1) is 5.92 Å². The summed E-state index contributed by atoms with van der Waals surface area (Å²) < 4.78 is 15.1. The molecule has 2 aromatic heterocycles. The molecule has 3 fully saturated rings. The summed E-state index contributed by atoms with van der Waals surface area (Å²) >= 11 is 0. The number of amides is 4. The first kappa shape index (κ1) is 38.8. The number of rotatable bonds is 17. The normalized spacial score (nSPS) is 18.6. The summed E-state index contributed by atoms with van der Waals surface area (Å²) in [6, 6.07) is 11.7. The molecule has 2 aromatic carbocycles. The van der Waals surface area contributed by atoms with E-state index in [0.29, 0.717) is 55.1 Å². The van der Waals surface area contributed by atoms with Gasteiger partial charge in [0.05, 0.1) is 26.3 Å². The number of piperidine rings is 2. The van der Waals surface area contributed by atoms with Crippen molar-refractivity contribution in [1.82, 2.24) is 29.6 Å². The zero-order valence-electron chi connectivity index (χ0n) is 33.0. The summed E-state index contributed by atoms with van der Waals surface area (Å²) in [4.78, 5) is 67.4. The lowest BCUT2D eigenvalue weighted by atomic mass is 9.63. The molecule has 13 nitrogen and oxygen atoms in total. The number of fused-ring (bicyclic) bond motifs is 4.